The molecule has 0 aromatic heterocycles. The molecule has 0 aliphatic carbocycles. The first-order valence-corrected chi connectivity index (χ1v) is 5.05. The smallest absolute Gasteiger partial charge is 0.224 e. The van der Waals surface area contributed by atoms with Crippen molar-refractivity contribution in [2.24, 2.45) is 0 Å². The van der Waals surface area contributed by atoms with Crippen LogP contribution in [0.25, 0.3) is 0 Å². The summed E-state index contributed by atoms with van der Waals surface area (Å²) in [6.45, 7) is 3.97. The van der Waals surface area contributed by atoms with Crippen LogP contribution in [0.15, 0.2) is 0 Å². The molecule has 0 radical (unpaired) electrons. The fraction of sp³-hybridized carbons (Fsp3) is 0.900. The highest BCUT2D eigenvalue weighted by atomic mass is 16.2. The number of carbonyl (C=O) groups is 1. The highest BCUT2D eigenvalue weighted by molar-refractivity contribution is 5.76. The Morgan fingerprint density at radius 1 is 1.54 bits per heavy atom. The van der Waals surface area contributed by atoms with Crippen LogP contribution in [-0.4, -0.2) is 48.9 Å². The quantitative estimate of drug-likeness (QED) is 0.652. The summed E-state index contributed by atoms with van der Waals surface area (Å²) in [7, 11) is 4.00. The molecule has 1 heterocycles. The second-order valence-corrected chi connectivity index (χ2v) is 4.13. The van der Waals surface area contributed by atoms with Gasteiger partial charge in [-0.15, -0.1) is 0 Å². The topological polar surface area (TPSA) is 23.6 Å². The fourth-order valence-electron chi connectivity index (χ4n) is 1.77. The van der Waals surface area contributed by atoms with Crippen molar-refractivity contribution < 1.29 is 4.79 Å². The van der Waals surface area contributed by atoms with Crippen molar-refractivity contribution in [3.63, 3.8) is 0 Å². The Bertz CT molecular complexity index is 180. The van der Waals surface area contributed by atoms with Crippen LogP contribution in [-0.2, 0) is 4.79 Å². The van der Waals surface area contributed by atoms with E-state index in [2.05, 4.69) is 11.8 Å². The molecule has 0 saturated carbocycles. The average Bonchev–Trinajstić information content (AvgIpc) is 2.47. The lowest BCUT2D eigenvalue weighted by Crippen LogP contribution is -2.35. The molecule has 1 atom stereocenters. The van der Waals surface area contributed by atoms with Crippen molar-refractivity contribution in [3.05, 3.63) is 0 Å². The minimum absolute atomic E-state index is 0.318. The van der Waals surface area contributed by atoms with Crippen LogP contribution in [0.4, 0.5) is 0 Å². The monoisotopic (exact) mass is 184 g/mol. The Morgan fingerprint density at radius 2 is 2.23 bits per heavy atom. The van der Waals surface area contributed by atoms with Crippen molar-refractivity contribution in [1.82, 2.24) is 9.80 Å². The molecule has 0 bridgehead atoms. The van der Waals surface area contributed by atoms with E-state index >= 15 is 0 Å². The van der Waals surface area contributed by atoms with E-state index in [1.165, 1.54) is 12.8 Å². The summed E-state index contributed by atoms with van der Waals surface area (Å²) in [6.07, 6.45) is 3.01. The van der Waals surface area contributed by atoms with E-state index in [-0.39, 0.29) is 0 Å². The van der Waals surface area contributed by atoms with Gasteiger partial charge in [-0.1, -0.05) is 0 Å². The van der Waals surface area contributed by atoms with Crippen LogP contribution in [0.2, 0.25) is 0 Å². The molecule has 0 spiro atoms. The first-order chi connectivity index (χ1) is 6.11. The van der Waals surface area contributed by atoms with E-state index in [0.29, 0.717) is 18.4 Å². The minimum atomic E-state index is 0.318. The van der Waals surface area contributed by atoms with Gasteiger partial charge in [0.05, 0.1) is 0 Å². The zero-order valence-corrected chi connectivity index (χ0v) is 8.92. The van der Waals surface area contributed by atoms with Crippen molar-refractivity contribution in [1.29, 1.82) is 0 Å². The molecule has 1 rings (SSSR count). The number of amides is 1. The summed E-state index contributed by atoms with van der Waals surface area (Å²) < 4.78 is 0. The number of nitrogens with zero attached hydrogens (tertiary/aromatic N) is 2. The van der Waals surface area contributed by atoms with E-state index in [0.717, 1.165) is 13.1 Å². The van der Waals surface area contributed by atoms with Crippen LogP contribution >= 0.6 is 0 Å². The molecule has 0 aromatic rings. The number of rotatable bonds is 3. The van der Waals surface area contributed by atoms with Gasteiger partial charge in [0.1, 0.15) is 0 Å². The van der Waals surface area contributed by atoms with Crippen LogP contribution < -0.4 is 0 Å². The summed E-state index contributed by atoms with van der Waals surface area (Å²) in [5.41, 5.74) is 0. The Morgan fingerprint density at radius 3 is 2.69 bits per heavy atom. The van der Waals surface area contributed by atoms with Crippen molar-refractivity contribution >= 4 is 5.91 Å². The Labute approximate surface area is 80.7 Å². The summed E-state index contributed by atoms with van der Waals surface area (Å²) in [5.74, 6) is 0.318. The predicted octanol–water partition coefficient (Wildman–Crippen LogP) is 0.949. The standard InChI is InChI=1S/C10H20N2O/c1-9-5-4-7-12(9)10(13)6-8-11(2)3/h9H,4-8H2,1-3H3/t9-/m0/s1. The predicted molar refractivity (Wildman–Crippen MR) is 53.6 cm³/mol. The molecule has 0 unspecified atom stereocenters. The maximum absolute atomic E-state index is 11.7. The zero-order valence-electron chi connectivity index (χ0n) is 8.92. The second kappa shape index (κ2) is 4.61. The molecule has 1 saturated heterocycles. The zero-order chi connectivity index (χ0) is 9.84. The van der Waals surface area contributed by atoms with E-state index in [4.69, 9.17) is 0 Å². The van der Waals surface area contributed by atoms with Gasteiger partial charge in [0.2, 0.25) is 5.91 Å². The van der Waals surface area contributed by atoms with E-state index < -0.39 is 0 Å². The SMILES string of the molecule is C[C@H]1CCCN1C(=O)CCN(C)C. The lowest BCUT2D eigenvalue weighted by atomic mass is 10.2. The molecule has 0 N–H and O–H groups in total. The molecule has 1 amide bonds. The molecule has 13 heavy (non-hydrogen) atoms. The highest BCUT2D eigenvalue weighted by Gasteiger charge is 2.24. The number of hydrogen-bond donors (Lipinski definition) is 0. The first-order valence-electron chi connectivity index (χ1n) is 5.05. The third-order valence-corrected chi connectivity index (χ3v) is 2.65. The van der Waals surface area contributed by atoms with Crippen LogP contribution in [0.3, 0.4) is 0 Å². The van der Waals surface area contributed by atoms with Crippen molar-refractivity contribution in [2.75, 3.05) is 27.2 Å². The maximum Gasteiger partial charge on any atom is 0.224 e. The van der Waals surface area contributed by atoms with Gasteiger partial charge >= 0.3 is 0 Å². The first kappa shape index (κ1) is 10.5. The van der Waals surface area contributed by atoms with Crippen molar-refractivity contribution in [2.45, 2.75) is 32.2 Å². The summed E-state index contributed by atoms with van der Waals surface area (Å²) in [5, 5.41) is 0. The Kier molecular flexibility index (Phi) is 3.72. The van der Waals surface area contributed by atoms with E-state index in [1.807, 2.05) is 19.0 Å². The van der Waals surface area contributed by atoms with Gasteiger partial charge in [0, 0.05) is 25.6 Å². The molecule has 0 aromatic carbocycles. The molecule has 1 fully saturated rings. The third-order valence-electron chi connectivity index (χ3n) is 2.65. The molecular formula is C10H20N2O. The van der Waals surface area contributed by atoms with Gasteiger partial charge < -0.3 is 9.80 Å². The van der Waals surface area contributed by atoms with Crippen LogP contribution in [0, 0.1) is 0 Å². The van der Waals surface area contributed by atoms with Gasteiger partial charge in [-0.25, -0.2) is 0 Å². The largest absolute Gasteiger partial charge is 0.340 e. The molecule has 1 aliphatic rings. The third kappa shape index (κ3) is 2.99. The number of likely N-dealkylation sites (tertiary alicyclic amines) is 1. The van der Waals surface area contributed by atoms with Crippen molar-refractivity contribution in [3.8, 4) is 0 Å². The molecule has 3 heteroatoms. The van der Waals surface area contributed by atoms with Crippen LogP contribution in [0.5, 0.6) is 0 Å². The lowest BCUT2D eigenvalue weighted by molar-refractivity contribution is -0.131. The maximum atomic E-state index is 11.7. The minimum Gasteiger partial charge on any atom is -0.340 e. The molecular weight excluding hydrogens is 164 g/mol. The Hall–Kier alpha value is -0.570. The number of hydrogen-bond acceptors (Lipinski definition) is 2. The van der Waals surface area contributed by atoms with Gasteiger partial charge in [0.25, 0.3) is 0 Å². The molecule has 3 nitrogen and oxygen atoms in total. The summed E-state index contributed by atoms with van der Waals surface area (Å²) in [6, 6.07) is 0.467. The van der Waals surface area contributed by atoms with Gasteiger partial charge in [0.15, 0.2) is 0 Å². The second-order valence-electron chi connectivity index (χ2n) is 4.13. The van der Waals surface area contributed by atoms with Gasteiger partial charge in [-0.05, 0) is 33.9 Å². The van der Waals surface area contributed by atoms with Gasteiger partial charge in [-0.2, -0.15) is 0 Å². The molecule has 1 aliphatic heterocycles. The fourth-order valence-corrected chi connectivity index (χ4v) is 1.77. The van der Waals surface area contributed by atoms with Gasteiger partial charge in [-0.3, -0.25) is 4.79 Å². The summed E-state index contributed by atoms with van der Waals surface area (Å²) >= 11 is 0. The highest BCUT2D eigenvalue weighted by Crippen LogP contribution is 2.17. The van der Waals surface area contributed by atoms with Crippen LogP contribution in [0.1, 0.15) is 26.2 Å². The summed E-state index contributed by atoms with van der Waals surface area (Å²) in [4.78, 5) is 15.7. The lowest BCUT2D eigenvalue weighted by Gasteiger charge is -2.22. The number of carbonyl (C=O) groups excluding carboxylic acids is 1. The van der Waals surface area contributed by atoms with E-state index in [1.54, 1.807) is 0 Å². The van der Waals surface area contributed by atoms with E-state index in [9.17, 15) is 4.79 Å². The normalized spacial score (nSPS) is 22.8. The molecule has 76 valence electrons. The average molecular weight is 184 g/mol. The Balaban J connectivity index is 2.30.